The maximum atomic E-state index is 13.3. The van der Waals surface area contributed by atoms with Crippen LogP contribution in [-0.4, -0.2) is 70.3 Å². The van der Waals surface area contributed by atoms with Crippen LogP contribution in [0.2, 0.25) is 0 Å². The van der Waals surface area contributed by atoms with E-state index in [9.17, 15) is 9.18 Å². The summed E-state index contributed by atoms with van der Waals surface area (Å²) < 4.78 is 15.4. The molecule has 4 rings (SSSR count). The van der Waals surface area contributed by atoms with E-state index in [0.717, 1.165) is 49.7 Å². The lowest BCUT2D eigenvalue weighted by Crippen LogP contribution is -2.49. The van der Waals surface area contributed by atoms with Gasteiger partial charge in [0.25, 0.3) is 5.91 Å². The highest BCUT2D eigenvalue weighted by Gasteiger charge is 2.35. The van der Waals surface area contributed by atoms with Gasteiger partial charge >= 0.3 is 0 Å². The zero-order chi connectivity index (χ0) is 20.4. The molecule has 0 bridgehead atoms. The van der Waals surface area contributed by atoms with Crippen LogP contribution in [0.5, 0.6) is 0 Å². The molecule has 1 atom stereocenters. The molecule has 0 spiro atoms. The van der Waals surface area contributed by atoms with Gasteiger partial charge in [-0.3, -0.25) is 9.69 Å². The summed E-state index contributed by atoms with van der Waals surface area (Å²) in [6.07, 6.45) is 2.61. The third-order valence-corrected chi connectivity index (χ3v) is 5.94. The van der Waals surface area contributed by atoms with Crippen molar-refractivity contribution in [2.45, 2.75) is 19.4 Å². The van der Waals surface area contributed by atoms with E-state index in [2.05, 4.69) is 16.7 Å². The third-order valence-electron chi connectivity index (χ3n) is 5.94. The van der Waals surface area contributed by atoms with Crippen molar-refractivity contribution in [3.8, 4) is 0 Å². The van der Waals surface area contributed by atoms with Crippen LogP contribution in [0.4, 0.5) is 4.39 Å². The van der Waals surface area contributed by atoms with E-state index >= 15 is 0 Å². The van der Waals surface area contributed by atoms with Crippen molar-refractivity contribution < 1.29 is 9.18 Å². The normalized spacial score (nSPS) is 20.9. The average Bonchev–Trinajstić information content (AvgIpc) is 3.35. The predicted molar refractivity (Wildman–Crippen MR) is 111 cm³/mol. The van der Waals surface area contributed by atoms with Crippen molar-refractivity contribution in [1.29, 1.82) is 0 Å². The van der Waals surface area contributed by atoms with E-state index in [1.165, 1.54) is 12.1 Å². The van der Waals surface area contributed by atoms with Gasteiger partial charge in [0.1, 0.15) is 11.9 Å². The van der Waals surface area contributed by atoms with Crippen LogP contribution in [0.25, 0.3) is 0 Å². The molecule has 154 valence electrons. The molecule has 1 fully saturated rings. The fourth-order valence-corrected chi connectivity index (χ4v) is 4.14. The Labute approximate surface area is 171 Å². The number of likely N-dealkylation sites (N-methyl/N-ethyl adjacent to an activating group) is 1. The lowest BCUT2D eigenvalue weighted by Gasteiger charge is -2.34. The summed E-state index contributed by atoms with van der Waals surface area (Å²) in [5.74, 6) is -0.260. The van der Waals surface area contributed by atoms with E-state index in [1.54, 1.807) is 17.1 Å². The molecule has 0 N–H and O–H groups in total. The van der Waals surface area contributed by atoms with Gasteiger partial charge in [0.05, 0.1) is 12.3 Å². The van der Waals surface area contributed by atoms with E-state index < -0.39 is 0 Å². The van der Waals surface area contributed by atoms with E-state index in [4.69, 9.17) is 5.10 Å². The number of carbonyl (C=O) groups is 1. The zero-order valence-corrected chi connectivity index (χ0v) is 17.1. The van der Waals surface area contributed by atoms with Crippen molar-refractivity contribution in [1.82, 2.24) is 19.4 Å². The first kappa shape index (κ1) is 19.8. The number of nitrogens with zero attached hydrogens (tertiary/aromatic N) is 5. The molecule has 2 aromatic rings. The van der Waals surface area contributed by atoms with Gasteiger partial charge in [-0.05, 0) is 36.4 Å². The summed E-state index contributed by atoms with van der Waals surface area (Å²) in [6.45, 7) is 7.38. The summed E-state index contributed by atoms with van der Waals surface area (Å²) in [5, 5.41) is 6.33. The van der Waals surface area contributed by atoms with Crippen molar-refractivity contribution in [3.05, 3.63) is 59.7 Å². The molecular weight excluding hydrogens is 369 g/mol. The monoisotopic (exact) mass is 397 g/mol. The molecule has 1 amide bonds. The van der Waals surface area contributed by atoms with Crippen molar-refractivity contribution in [2.75, 3.05) is 39.3 Å². The van der Waals surface area contributed by atoms with Crippen LogP contribution in [-0.2, 0) is 11.8 Å². The Hall–Kier alpha value is -2.51. The quantitative estimate of drug-likeness (QED) is 0.779. The van der Waals surface area contributed by atoms with Gasteiger partial charge in [-0.15, -0.1) is 0 Å². The predicted octanol–water partition coefficient (Wildman–Crippen LogP) is 2.48. The van der Waals surface area contributed by atoms with Crippen LogP contribution in [0.3, 0.4) is 0 Å². The molecule has 2 aliphatic heterocycles. The number of halogens is 1. The molecule has 3 heterocycles. The summed E-state index contributed by atoms with van der Waals surface area (Å²) in [6, 6.07) is 10.2. The van der Waals surface area contributed by atoms with E-state index in [1.807, 2.05) is 29.9 Å². The first-order chi connectivity index (χ1) is 14.0. The highest BCUT2D eigenvalue weighted by molar-refractivity contribution is 6.03. The molecule has 7 heteroatoms. The number of rotatable bonds is 5. The van der Waals surface area contributed by atoms with Crippen molar-refractivity contribution in [2.24, 2.45) is 12.1 Å². The Morgan fingerprint density at radius 3 is 2.41 bits per heavy atom. The number of amides is 1. The average molecular weight is 397 g/mol. The Balaban J connectivity index is 1.54. The van der Waals surface area contributed by atoms with Gasteiger partial charge in [-0.2, -0.15) is 5.10 Å². The van der Waals surface area contributed by atoms with Crippen LogP contribution in [0, 0.1) is 5.82 Å². The Morgan fingerprint density at radius 1 is 1.10 bits per heavy atom. The zero-order valence-electron chi connectivity index (χ0n) is 17.1. The second kappa shape index (κ2) is 8.47. The van der Waals surface area contributed by atoms with Gasteiger partial charge in [-0.1, -0.05) is 19.1 Å². The highest BCUT2D eigenvalue weighted by atomic mass is 19.1. The largest absolute Gasteiger partial charge is 0.353 e. The number of aryl methyl sites for hydroxylation is 1. The van der Waals surface area contributed by atoms with Crippen molar-refractivity contribution >= 4 is 11.6 Å². The number of hydrogen-bond acceptors (Lipinski definition) is 4. The van der Waals surface area contributed by atoms with Gasteiger partial charge in [0.2, 0.25) is 0 Å². The lowest BCUT2D eigenvalue weighted by molar-refractivity contribution is -0.134. The summed E-state index contributed by atoms with van der Waals surface area (Å²) in [7, 11) is 1.98. The molecule has 0 aliphatic carbocycles. The second-order valence-electron chi connectivity index (χ2n) is 7.77. The smallest absolute Gasteiger partial charge is 0.257 e. The van der Waals surface area contributed by atoms with Crippen LogP contribution >= 0.6 is 0 Å². The molecule has 0 saturated carbocycles. The summed E-state index contributed by atoms with van der Waals surface area (Å²) in [4.78, 5) is 17.8. The molecule has 1 aromatic carbocycles. The second-order valence-corrected chi connectivity index (χ2v) is 7.77. The number of benzene rings is 1. The summed E-state index contributed by atoms with van der Waals surface area (Å²) >= 11 is 0. The van der Waals surface area contributed by atoms with Gasteiger partial charge in [0.15, 0.2) is 0 Å². The highest BCUT2D eigenvalue weighted by Crippen LogP contribution is 2.33. The first-order valence-electron chi connectivity index (χ1n) is 10.3. The molecule has 2 aliphatic rings. The number of aromatic nitrogens is 1. The van der Waals surface area contributed by atoms with Gasteiger partial charge in [-0.25, -0.2) is 9.40 Å². The fourth-order valence-electron chi connectivity index (χ4n) is 4.14. The van der Waals surface area contributed by atoms with Crippen LogP contribution in [0.15, 0.2) is 47.7 Å². The van der Waals surface area contributed by atoms with Crippen LogP contribution < -0.4 is 0 Å². The minimum Gasteiger partial charge on any atom is -0.353 e. The Morgan fingerprint density at radius 2 is 1.79 bits per heavy atom. The number of carbonyl (C=O) groups excluding carboxylic acids is 1. The maximum absolute atomic E-state index is 13.3. The molecule has 1 saturated heterocycles. The minimum absolute atomic E-state index is 0.0123. The number of hydrazone groups is 1. The lowest BCUT2D eigenvalue weighted by atomic mass is 10.0. The molecular formula is C22H28FN5O. The number of piperazine rings is 1. The number of hydrogen-bond donors (Lipinski definition) is 0. The molecule has 29 heavy (non-hydrogen) atoms. The SMILES string of the molecule is CCN1CCN(CC(=O)N2N=C(c3ccc(F)cc3)CC2c2cccn2C)CC1. The fraction of sp³-hybridized carbons (Fsp3) is 0.455. The van der Waals surface area contributed by atoms with Gasteiger partial charge < -0.3 is 9.47 Å². The molecule has 1 unspecified atom stereocenters. The maximum Gasteiger partial charge on any atom is 0.257 e. The molecule has 6 nitrogen and oxygen atoms in total. The molecule has 1 aromatic heterocycles. The molecule has 0 radical (unpaired) electrons. The Bertz CT molecular complexity index is 883. The summed E-state index contributed by atoms with van der Waals surface area (Å²) in [5.41, 5.74) is 2.73. The topological polar surface area (TPSA) is 44.1 Å². The van der Waals surface area contributed by atoms with Crippen molar-refractivity contribution in [3.63, 3.8) is 0 Å². The minimum atomic E-state index is -0.273. The van der Waals surface area contributed by atoms with E-state index in [0.29, 0.717) is 13.0 Å². The van der Waals surface area contributed by atoms with Gasteiger partial charge in [0, 0.05) is 51.5 Å². The van der Waals surface area contributed by atoms with Crippen LogP contribution in [0.1, 0.15) is 30.6 Å². The standard InChI is InChI=1S/C22H28FN5O/c1-3-26-11-13-27(14-12-26)16-22(29)28-21(20-5-4-10-25(20)2)15-19(24-28)17-6-8-18(23)9-7-17/h4-10,21H,3,11-16H2,1-2H3. The van der Waals surface area contributed by atoms with E-state index in [-0.39, 0.29) is 17.8 Å². The first-order valence-corrected chi connectivity index (χ1v) is 10.3. The Kier molecular flexibility index (Phi) is 5.78. The third kappa shape index (κ3) is 4.26.